The number of ether oxygens (including phenoxy) is 1. The second kappa shape index (κ2) is 7.92. The van der Waals surface area contributed by atoms with E-state index in [1.54, 1.807) is 7.11 Å². The molecule has 1 aliphatic heterocycles. The lowest BCUT2D eigenvalue weighted by atomic mass is 9.96. The number of rotatable bonds is 5. The van der Waals surface area contributed by atoms with Gasteiger partial charge in [0.2, 0.25) is 0 Å². The minimum Gasteiger partial charge on any atom is -0.385 e. The number of nitrogens with zero attached hydrogens (tertiary/aromatic N) is 1. The largest absolute Gasteiger partial charge is 0.385 e. The highest BCUT2D eigenvalue weighted by Crippen LogP contribution is 2.42. The predicted octanol–water partition coefficient (Wildman–Crippen LogP) is 3.88. The minimum atomic E-state index is -2.21. The SMILES string of the molecule is CC=[S+]1(O)c2cc(C)ccc2C(NCCCOC)c2ccccc2N1C. The molecule has 0 amide bonds. The lowest BCUT2D eigenvalue weighted by Gasteiger charge is -2.24. The Morgan fingerprint density at radius 3 is 2.73 bits per heavy atom. The fourth-order valence-electron chi connectivity index (χ4n) is 3.59. The van der Waals surface area contributed by atoms with Gasteiger partial charge in [0.05, 0.1) is 18.8 Å². The van der Waals surface area contributed by atoms with E-state index in [1.807, 2.05) is 25.4 Å². The van der Waals surface area contributed by atoms with Crippen molar-refractivity contribution in [3.8, 4) is 0 Å². The van der Waals surface area contributed by atoms with Gasteiger partial charge >= 0.3 is 0 Å². The first-order chi connectivity index (χ1) is 12.5. The summed E-state index contributed by atoms with van der Waals surface area (Å²) in [5.74, 6) is 0. The molecule has 2 N–H and O–H groups in total. The molecule has 2 unspecified atom stereocenters. The van der Waals surface area contributed by atoms with Crippen LogP contribution in [-0.2, 0) is 14.8 Å². The lowest BCUT2D eigenvalue weighted by Crippen LogP contribution is -2.34. The van der Waals surface area contributed by atoms with E-state index < -0.39 is 10.1 Å². The van der Waals surface area contributed by atoms with Gasteiger partial charge in [-0.15, -0.1) is 0 Å². The van der Waals surface area contributed by atoms with Crippen molar-refractivity contribution in [1.82, 2.24) is 5.32 Å². The van der Waals surface area contributed by atoms with E-state index in [0.717, 1.165) is 41.3 Å². The fraction of sp³-hybridized carbons (Fsp3) is 0.381. The van der Waals surface area contributed by atoms with Crippen molar-refractivity contribution in [2.75, 3.05) is 31.6 Å². The molecule has 5 heteroatoms. The predicted molar refractivity (Wildman–Crippen MR) is 112 cm³/mol. The molecule has 4 nitrogen and oxygen atoms in total. The van der Waals surface area contributed by atoms with Gasteiger partial charge < -0.3 is 10.1 Å². The highest BCUT2D eigenvalue weighted by molar-refractivity contribution is 8.08. The Morgan fingerprint density at radius 1 is 1.23 bits per heavy atom. The van der Waals surface area contributed by atoms with Gasteiger partial charge in [0, 0.05) is 24.8 Å². The summed E-state index contributed by atoms with van der Waals surface area (Å²) in [7, 11) is 1.51. The van der Waals surface area contributed by atoms with Crippen LogP contribution in [-0.4, -0.2) is 37.2 Å². The van der Waals surface area contributed by atoms with Crippen LogP contribution in [0, 0.1) is 6.92 Å². The Balaban J connectivity index is 2.18. The van der Waals surface area contributed by atoms with Crippen molar-refractivity contribution in [1.29, 1.82) is 0 Å². The van der Waals surface area contributed by atoms with Crippen molar-refractivity contribution >= 4 is 21.1 Å². The van der Waals surface area contributed by atoms with Gasteiger partial charge in [0.25, 0.3) is 0 Å². The Labute approximate surface area is 158 Å². The average Bonchev–Trinajstić information content (AvgIpc) is 2.73. The lowest BCUT2D eigenvalue weighted by molar-refractivity contribution is 0.193. The summed E-state index contributed by atoms with van der Waals surface area (Å²) >= 11 is 0. The van der Waals surface area contributed by atoms with Crippen LogP contribution in [0.5, 0.6) is 0 Å². The summed E-state index contributed by atoms with van der Waals surface area (Å²) in [4.78, 5) is 1.02. The van der Waals surface area contributed by atoms with Crippen LogP contribution in [0.2, 0.25) is 0 Å². The van der Waals surface area contributed by atoms with E-state index in [9.17, 15) is 4.55 Å². The highest BCUT2D eigenvalue weighted by Gasteiger charge is 2.40. The number of nitrogens with one attached hydrogen (secondary N) is 1. The zero-order valence-electron chi connectivity index (χ0n) is 16.0. The Kier molecular flexibility index (Phi) is 5.82. The van der Waals surface area contributed by atoms with Crippen LogP contribution in [0.25, 0.3) is 0 Å². The third-order valence-corrected chi connectivity index (χ3v) is 7.70. The van der Waals surface area contributed by atoms with E-state index >= 15 is 0 Å². The summed E-state index contributed by atoms with van der Waals surface area (Å²) in [5, 5.41) is 5.65. The number of benzene rings is 2. The van der Waals surface area contributed by atoms with E-state index in [2.05, 4.69) is 52.9 Å². The fourth-order valence-corrected chi connectivity index (χ4v) is 5.82. The van der Waals surface area contributed by atoms with Crippen molar-refractivity contribution in [3.63, 3.8) is 0 Å². The number of anilines is 1. The monoisotopic (exact) mass is 373 g/mol. The molecule has 0 aliphatic carbocycles. The number of fused-ring (bicyclic) bond motifs is 2. The topological polar surface area (TPSA) is 44.7 Å². The molecule has 0 spiro atoms. The quantitative estimate of drug-likeness (QED) is 0.474. The van der Waals surface area contributed by atoms with Crippen LogP contribution < -0.4 is 9.62 Å². The van der Waals surface area contributed by atoms with Crippen molar-refractivity contribution in [2.24, 2.45) is 0 Å². The first kappa shape index (κ1) is 19.1. The van der Waals surface area contributed by atoms with Crippen molar-refractivity contribution in [3.05, 3.63) is 59.2 Å². The molecular weight excluding hydrogens is 344 g/mol. The highest BCUT2D eigenvalue weighted by atomic mass is 32.3. The second-order valence-electron chi connectivity index (χ2n) is 6.66. The summed E-state index contributed by atoms with van der Waals surface area (Å²) in [6.07, 6.45) is 0.948. The molecule has 140 valence electrons. The molecule has 0 saturated carbocycles. The molecule has 0 radical (unpaired) electrons. The van der Waals surface area contributed by atoms with Gasteiger partial charge in [-0.2, -0.15) is 4.55 Å². The molecule has 1 aliphatic rings. The molecule has 2 atom stereocenters. The Bertz CT molecular complexity index is 835. The van der Waals surface area contributed by atoms with Gasteiger partial charge in [0.15, 0.2) is 4.90 Å². The van der Waals surface area contributed by atoms with Crippen LogP contribution in [0.15, 0.2) is 47.4 Å². The van der Waals surface area contributed by atoms with Crippen LogP contribution >= 0.6 is 0 Å². The maximum Gasteiger partial charge on any atom is 0.178 e. The van der Waals surface area contributed by atoms with Gasteiger partial charge in [0.1, 0.15) is 15.5 Å². The standard InChI is InChI=1S/C21H29N2O2S/c1-5-26(24)20-15-16(2)11-12-18(20)21(22-13-8-14-25-4)17-9-6-7-10-19(17)23(26)3/h5-7,9-12,15,21-22,24H,8,13-14H2,1-4H3/q+1. The summed E-state index contributed by atoms with van der Waals surface area (Å²) in [6.45, 7) is 5.62. The first-order valence-electron chi connectivity index (χ1n) is 9.04. The Hall–Kier alpha value is -1.66. The summed E-state index contributed by atoms with van der Waals surface area (Å²) in [5.41, 5.74) is 4.58. The van der Waals surface area contributed by atoms with Gasteiger partial charge in [-0.1, -0.05) is 30.3 Å². The number of hydrogen-bond donors (Lipinski definition) is 2. The number of hydrogen-bond acceptors (Lipinski definition) is 4. The maximum absolute atomic E-state index is 11.7. The summed E-state index contributed by atoms with van der Waals surface area (Å²) in [6, 6.07) is 14.8. The summed E-state index contributed by atoms with van der Waals surface area (Å²) < 4.78 is 18.9. The average molecular weight is 374 g/mol. The van der Waals surface area contributed by atoms with E-state index in [0.29, 0.717) is 0 Å². The molecule has 0 bridgehead atoms. The van der Waals surface area contributed by atoms with Crippen LogP contribution in [0.3, 0.4) is 0 Å². The molecule has 2 aromatic carbocycles. The normalized spacial score (nSPS) is 21.7. The van der Waals surface area contributed by atoms with Crippen molar-refractivity contribution in [2.45, 2.75) is 31.2 Å². The molecule has 3 rings (SSSR count). The van der Waals surface area contributed by atoms with E-state index in [1.165, 1.54) is 5.56 Å². The van der Waals surface area contributed by atoms with Crippen molar-refractivity contribution < 1.29 is 9.29 Å². The second-order valence-corrected chi connectivity index (χ2v) is 9.30. The molecular formula is C21H29N2O2S+. The zero-order valence-corrected chi connectivity index (χ0v) is 16.8. The van der Waals surface area contributed by atoms with Gasteiger partial charge in [-0.05, 0) is 44.5 Å². The molecule has 0 fully saturated rings. The number of para-hydroxylation sites is 1. The molecule has 26 heavy (non-hydrogen) atoms. The smallest absolute Gasteiger partial charge is 0.178 e. The third kappa shape index (κ3) is 3.32. The number of methoxy groups -OCH3 is 1. The molecule has 2 aromatic rings. The molecule has 1 heterocycles. The minimum absolute atomic E-state index is 0.0441. The Morgan fingerprint density at radius 2 is 2.00 bits per heavy atom. The zero-order chi connectivity index (χ0) is 18.7. The molecule has 0 aromatic heterocycles. The third-order valence-electron chi connectivity index (χ3n) is 5.01. The first-order valence-corrected chi connectivity index (χ1v) is 10.6. The maximum atomic E-state index is 11.7. The van der Waals surface area contributed by atoms with Crippen LogP contribution in [0.1, 0.15) is 36.1 Å². The molecule has 0 saturated heterocycles. The van der Waals surface area contributed by atoms with E-state index in [-0.39, 0.29) is 6.04 Å². The van der Waals surface area contributed by atoms with Gasteiger partial charge in [-0.3, -0.25) is 0 Å². The van der Waals surface area contributed by atoms with Gasteiger partial charge in [-0.25, -0.2) is 4.31 Å². The number of aryl methyl sites for hydroxylation is 1. The van der Waals surface area contributed by atoms with Crippen LogP contribution in [0.4, 0.5) is 5.69 Å². The van der Waals surface area contributed by atoms with E-state index in [4.69, 9.17) is 4.74 Å².